The van der Waals surface area contributed by atoms with Crippen LogP contribution in [0.2, 0.25) is 5.02 Å². The van der Waals surface area contributed by atoms with E-state index in [1.807, 2.05) is 6.07 Å². The second-order valence-corrected chi connectivity index (χ2v) is 9.99. The normalized spacial score (nSPS) is 19.4. The van der Waals surface area contributed by atoms with Gasteiger partial charge in [0.1, 0.15) is 17.4 Å². The Balaban J connectivity index is 1.53. The Bertz CT molecular complexity index is 1330. The summed E-state index contributed by atoms with van der Waals surface area (Å²) in [6.45, 7) is 1.67. The zero-order chi connectivity index (χ0) is 26.8. The van der Waals surface area contributed by atoms with Crippen molar-refractivity contribution in [3.63, 3.8) is 0 Å². The van der Waals surface area contributed by atoms with Crippen LogP contribution in [0.25, 0.3) is 0 Å². The van der Waals surface area contributed by atoms with E-state index >= 15 is 0 Å². The molecule has 37 heavy (non-hydrogen) atoms. The predicted molar refractivity (Wildman–Crippen MR) is 130 cm³/mol. The third kappa shape index (κ3) is 6.00. The van der Waals surface area contributed by atoms with Gasteiger partial charge in [0.25, 0.3) is 5.91 Å². The minimum absolute atomic E-state index is 0.0436. The van der Waals surface area contributed by atoms with Crippen molar-refractivity contribution in [2.24, 2.45) is 0 Å². The molecule has 1 fully saturated rings. The Labute approximate surface area is 218 Å². The molecule has 3 aromatic rings. The molecule has 0 aliphatic carbocycles. The number of ether oxygens (including phenoxy) is 2. The number of aryl methyl sites for hydroxylation is 1. The Kier molecular flexibility index (Phi) is 7.67. The number of rotatable bonds is 7. The lowest BCUT2D eigenvalue weighted by atomic mass is 9.94. The molecule has 12 heteroatoms. The summed E-state index contributed by atoms with van der Waals surface area (Å²) in [4.78, 5) is 29.6. The van der Waals surface area contributed by atoms with Gasteiger partial charge in [-0.25, -0.2) is 9.78 Å². The van der Waals surface area contributed by atoms with Crippen molar-refractivity contribution in [1.29, 1.82) is 0 Å². The summed E-state index contributed by atoms with van der Waals surface area (Å²) < 4.78 is 47.8. The van der Waals surface area contributed by atoms with Crippen LogP contribution in [0.4, 0.5) is 13.2 Å². The maximum absolute atomic E-state index is 13.1. The second-order valence-electron chi connectivity index (χ2n) is 8.21. The lowest BCUT2D eigenvalue weighted by Crippen LogP contribution is -2.47. The molecule has 194 valence electrons. The number of carbonyl (C=O) groups is 2. The first-order chi connectivity index (χ1) is 17.5. The zero-order valence-corrected chi connectivity index (χ0v) is 20.8. The van der Waals surface area contributed by atoms with Gasteiger partial charge in [0.2, 0.25) is 5.88 Å². The smallest absolute Gasteiger partial charge is 0.417 e. The highest BCUT2D eigenvalue weighted by Crippen LogP contribution is 2.40. The molecular formula is C25H20ClF3N2O5S. The van der Waals surface area contributed by atoms with E-state index in [2.05, 4.69) is 10.3 Å². The van der Waals surface area contributed by atoms with E-state index < -0.39 is 33.9 Å². The molecule has 1 aliphatic heterocycles. The van der Waals surface area contributed by atoms with Gasteiger partial charge >= 0.3 is 12.1 Å². The standard InChI is InChI=1S/C25H20ClF3N2O5S/c1-14-9-18(36-20-19(26)10-17(12-30-20)25(27,28)29)8-7-16(14)11-24(21(32)31-23(34)37-24)22(33)35-13-15-5-3-2-4-6-15/h2-10,12,23,34H,11,13H2,1H3,(H,31,32). The summed E-state index contributed by atoms with van der Waals surface area (Å²) in [5.74, 6) is -1.45. The molecule has 1 amide bonds. The Hall–Kier alpha value is -3.28. The van der Waals surface area contributed by atoms with Gasteiger partial charge in [0.15, 0.2) is 10.3 Å². The maximum atomic E-state index is 13.1. The fourth-order valence-electron chi connectivity index (χ4n) is 3.64. The number of carbonyl (C=O) groups excluding carboxylic acids is 2. The molecular weight excluding hydrogens is 533 g/mol. The zero-order valence-electron chi connectivity index (χ0n) is 19.2. The molecule has 2 aromatic carbocycles. The van der Waals surface area contributed by atoms with Crippen LogP contribution >= 0.6 is 23.4 Å². The van der Waals surface area contributed by atoms with Crippen molar-refractivity contribution in [3.8, 4) is 11.6 Å². The first kappa shape index (κ1) is 26.8. The van der Waals surface area contributed by atoms with Gasteiger partial charge in [0, 0.05) is 12.6 Å². The fraction of sp³-hybridized carbons (Fsp3) is 0.240. The van der Waals surface area contributed by atoms with Crippen LogP contribution in [-0.2, 0) is 33.5 Å². The molecule has 0 saturated carbocycles. The number of pyridine rings is 1. The first-order valence-corrected chi connectivity index (χ1v) is 12.1. The van der Waals surface area contributed by atoms with Gasteiger partial charge in [-0.05, 0) is 41.8 Å². The highest BCUT2D eigenvalue weighted by atomic mass is 35.5. The number of aliphatic hydroxyl groups excluding tert-OH is 1. The number of nitrogens with one attached hydrogen (secondary N) is 1. The van der Waals surface area contributed by atoms with Gasteiger partial charge in [-0.2, -0.15) is 13.2 Å². The number of alkyl halides is 3. The SMILES string of the molecule is Cc1cc(Oc2ncc(C(F)(F)F)cc2Cl)ccc1CC1(C(=O)OCc2ccccc2)SC(O)NC1=O. The summed E-state index contributed by atoms with van der Waals surface area (Å²) >= 11 is 6.67. The predicted octanol–water partition coefficient (Wildman–Crippen LogP) is 5.02. The molecule has 2 N–H and O–H groups in total. The van der Waals surface area contributed by atoms with E-state index in [9.17, 15) is 27.9 Å². The van der Waals surface area contributed by atoms with Gasteiger partial charge in [-0.3, -0.25) is 4.79 Å². The van der Waals surface area contributed by atoms with Crippen molar-refractivity contribution in [2.45, 2.75) is 36.4 Å². The summed E-state index contributed by atoms with van der Waals surface area (Å²) in [5.41, 5.74) is -0.344. The number of aliphatic hydroxyl groups is 1. The molecule has 4 rings (SSSR count). The molecule has 2 unspecified atom stereocenters. The van der Waals surface area contributed by atoms with E-state index in [-0.39, 0.29) is 29.7 Å². The largest absolute Gasteiger partial charge is 0.459 e. The van der Waals surface area contributed by atoms with Crippen molar-refractivity contribution in [2.75, 3.05) is 0 Å². The van der Waals surface area contributed by atoms with Crippen molar-refractivity contribution >= 4 is 35.2 Å². The van der Waals surface area contributed by atoms with Crippen LogP contribution in [-0.4, -0.2) is 32.3 Å². The van der Waals surface area contributed by atoms with Crippen LogP contribution in [0.5, 0.6) is 11.6 Å². The maximum Gasteiger partial charge on any atom is 0.417 e. The van der Waals surface area contributed by atoms with E-state index in [1.54, 1.807) is 43.3 Å². The number of nitrogens with zero attached hydrogens (tertiary/aromatic N) is 1. The third-order valence-corrected chi connectivity index (χ3v) is 7.09. The summed E-state index contributed by atoms with van der Waals surface area (Å²) in [6, 6.07) is 14.4. The van der Waals surface area contributed by atoms with Crippen molar-refractivity contribution < 1.29 is 37.3 Å². The van der Waals surface area contributed by atoms with Crippen LogP contribution < -0.4 is 10.1 Å². The van der Waals surface area contributed by atoms with E-state index in [4.69, 9.17) is 21.1 Å². The lowest BCUT2D eigenvalue weighted by molar-refractivity contribution is -0.151. The second kappa shape index (κ2) is 10.6. The highest BCUT2D eigenvalue weighted by molar-refractivity contribution is 8.03. The molecule has 7 nitrogen and oxygen atoms in total. The molecule has 2 heterocycles. The molecule has 1 aromatic heterocycles. The topological polar surface area (TPSA) is 97.8 Å². The van der Waals surface area contributed by atoms with E-state index in [1.165, 1.54) is 6.07 Å². The Morgan fingerprint density at radius 2 is 1.95 bits per heavy atom. The Morgan fingerprint density at radius 1 is 1.22 bits per heavy atom. The summed E-state index contributed by atoms with van der Waals surface area (Å²) in [5, 5.41) is 12.1. The fourth-order valence-corrected chi connectivity index (χ4v) is 4.95. The van der Waals surface area contributed by atoms with Crippen LogP contribution in [0.15, 0.2) is 60.8 Å². The molecule has 2 atom stereocenters. The molecule has 0 spiro atoms. The quantitative estimate of drug-likeness (QED) is 0.314. The monoisotopic (exact) mass is 552 g/mol. The van der Waals surface area contributed by atoms with Crippen LogP contribution in [0.3, 0.4) is 0 Å². The minimum Gasteiger partial charge on any atom is -0.459 e. The van der Waals surface area contributed by atoms with Crippen molar-refractivity contribution in [1.82, 2.24) is 10.3 Å². The molecule has 0 radical (unpaired) electrons. The van der Waals surface area contributed by atoms with Gasteiger partial charge in [0.05, 0.1) is 5.56 Å². The number of esters is 1. The van der Waals surface area contributed by atoms with Crippen LogP contribution in [0.1, 0.15) is 22.3 Å². The molecule has 1 aliphatic rings. The number of amides is 1. The summed E-state index contributed by atoms with van der Waals surface area (Å²) in [6.07, 6.45) is -4.06. The van der Waals surface area contributed by atoms with Crippen molar-refractivity contribution in [3.05, 3.63) is 88.1 Å². The minimum atomic E-state index is -4.59. The molecule has 0 bridgehead atoms. The van der Waals surface area contributed by atoms with E-state index in [0.29, 0.717) is 17.3 Å². The number of hydrogen-bond acceptors (Lipinski definition) is 7. The average molecular weight is 553 g/mol. The molecule has 1 saturated heterocycles. The number of thioether (sulfide) groups is 1. The summed E-state index contributed by atoms with van der Waals surface area (Å²) in [7, 11) is 0. The lowest BCUT2D eigenvalue weighted by Gasteiger charge is -2.24. The van der Waals surface area contributed by atoms with Gasteiger partial charge in [-0.1, -0.05) is 59.8 Å². The third-order valence-electron chi connectivity index (χ3n) is 5.58. The number of benzene rings is 2. The first-order valence-electron chi connectivity index (χ1n) is 10.9. The van der Waals surface area contributed by atoms with Crippen LogP contribution in [0, 0.1) is 6.92 Å². The Morgan fingerprint density at radius 3 is 2.54 bits per heavy atom. The van der Waals surface area contributed by atoms with Gasteiger partial charge < -0.3 is 19.9 Å². The number of aromatic nitrogens is 1. The highest BCUT2D eigenvalue weighted by Gasteiger charge is 2.55. The van der Waals surface area contributed by atoms with E-state index in [0.717, 1.165) is 23.4 Å². The number of hydrogen-bond donors (Lipinski definition) is 2. The average Bonchev–Trinajstić information content (AvgIpc) is 3.14. The number of halogens is 4. The van der Waals surface area contributed by atoms with Gasteiger partial charge in [-0.15, -0.1) is 0 Å².